The third-order valence-electron chi connectivity index (χ3n) is 4.88. The van der Waals surface area contributed by atoms with Gasteiger partial charge in [-0.05, 0) is 36.5 Å². The highest BCUT2D eigenvalue weighted by molar-refractivity contribution is 5.88. The van der Waals surface area contributed by atoms with Crippen LogP contribution in [0.3, 0.4) is 0 Å². The first-order chi connectivity index (χ1) is 12.7. The quantitative estimate of drug-likeness (QED) is 0.776. The van der Waals surface area contributed by atoms with Gasteiger partial charge in [-0.2, -0.15) is 0 Å². The molecule has 6 heteroatoms. The molecule has 1 saturated heterocycles. The van der Waals surface area contributed by atoms with Crippen LogP contribution in [0.25, 0.3) is 0 Å². The van der Waals surface area contributed by atoms with Crippen LogP contribution in [0, 0.1) is 17.2 Å². The van der Waals surface area contributed by atoms with Crippen LogP contribution in [0.5, 0.6) is 5.75 Å². The van der Waals surface area contributed by atoms with E-state index in [1.165, 1.54) is 12.1 Å². The first-order valence-electron chi connectivity index (χ1n) is 9.31. The molecule has 0 bridgehead atoms. The first kappa shape index (κ1) is 20.9. The van der Waals surface area contributed by atoms with Crippen LogP contribution in [0.2, 0.25) is 0 Å². The Labute approximate surface area is 160 Å². The van der Waals surface area contributed by atoms with Crippen LogP contribution in [-0.2, 0) is 9.59 Å². The predicted molar refractivity (Wildman–Crippen MR) is 103 cm³/mol. The fourth-order valence-electron chi connectivity index (χ4n) is 3.05. The summed E-state index contributed by atoms with van der Waals surface area (Å²) in [6.45, 7) is 10.7. The number of hydrogen-bond donors (Lipinski definition) is 1. The molecule has 0 spiro atoms. The van der Waals surface area contributed by atoms with Crippen molar-refractivity contribution in [3.8, 4) is 5.75 Å². The van der Waals surface area contributed by atoms with E-state index in [-0.39, 0.29) is 41.5 Å². The summed E-state index contributed by atoms with van der Waals surface area (Å²) in [6.07, 6.45) is 2.79. The van der Waals surface area contributed by atoms with Crippen LogP contribution >= 0.6 is 0 Å². The Kier molecular flexibility index (Phi) is 6.99. The van der Waals surface area contributed by atoms with Gasteiger partial charge in [0, 0.05) is 13.1 Å². The van der Waals surface area contributed by atoms with Gasteiger partial charge < -0.3 is 15.0 Å². The lowest BCUT2D eigenvalue weighted by atomic mass is 9.86. The number of nitrogens with zero attached hydrogens (tertiary/aromatic N) is 1. The zero-order valence-corrected chi connectivity index (χ0v) is 16.3. The third kappa shape index (κ3) is 5.81. The number of piperidine rings is 1. The Bertz CT molecular complexity index is 684. The summed E-state index contributed by atoms with van der Waals surface area (Å²) in [5.74, 6) is -0.777. The molecule has 1 aromatic carbocycles. The topological polar surface area (TPSA) is 58.6 Å². The molecular weight excluding hydrogens is 347 g/mol. The van der Waals surface area contributed by atoms with Gasteiger partial charge in [-0.3, -0.25) is 9.59 Å². The van der Waals surface area contributed by atoms with Gasteiger partial charge in [0.05, 0.1) is 12.0 Å². The molecule has 1 heterocycles. The summed E-state index contributed by atoms with van der Waals surface area (Å²) in [7, 11) is 0. The second kappa shape index (κ2) is 9.02. The van der Waals surface area contributed by atoms with Crippen molar-refractivity contribution in [1.82, 2.24) is 10.2 Å². The number of hydrogen-bond acceptors (Lipinski definition) is 3. The molecule has 2 rings (SSSR count). The summed E-state index contributed by atoms with van der Waals surface area (Å²) in [4.78, 5) is 26.3. The third-order valence-corrected chi connectivity index (χ3v) is 4.88. The normalized spacial score (nSPS) is 18.5. The number of rotatable bonds is 6. The van der Waals surface area contributed by atoms with E-state index in [4.69, 9.17) is 4.74 Å². The van der Waals surface area contributed by atoms with E-state index >= 15 is 0 Å². The highest BCUT2D eigenvalue weighted by atomic mass is 19.1. The lowest BCUT2D eigenvalue weighted by molar-refractivity contribution is -0.133. The maximum Gasteiger partial charge on any atom is 0.245 e. The molecule has 2 atom stereocenters. The van der Waals surface area contributed by atoms with Gasteiger partial charge >= 0.3 is 0 Å². The SMILES string of the molecule is C=CC(=O)N1CCCC(C(=O)NC(COc2ccccc2F)C(C)(C)C)C1. The average molecular weight is 376 g/mol. The maximum absolute atomic E-state index is 13.8. The number of amides is 2. The molecule has 0 radical (unpaired) electrons. The van der Waals surface area contributed by atoms with E-state index in [2.05, 4.69) is 11.9 Å². The molecule has 27 heavy (non-hydrogen) atoms. The average Bonchev–Trinajstić information content (AvgIpc) is 2.64. The lowest BCUT2D eigenvalue weighted by Gasteiger charge is -2.35. The minimum absolute atomic E-state index is 0.103. The highest BCUT2D eigenvalue weighted by Gasteiger charge is 2.32. The Morgan fingerprint density at radius 2 is 2.11 bits per heavy atom. The van der Waals surface area contributed by atoms with Crippen molar-refractivity contribution in [3.63, 3.8) is 0 Å². The molecule has 2 amide bonds. The number of likely N-dealkylation sites (tertiary alicyclic amines) is 1. The molecule has 0 aromatic heterocycles. The monoisotopic (exact) mass is 376 g/mol. The fourth-order valence-corrected chi connectivity index (χ4v) is 3.05. The predicted octanol–water partition coefficient (Wildman–Crippen LogP) is 3.16. The summed E-state index contributed by atoms with van der Waals surface area (Å²) in [5, 5.41) is 3.04. The largest absolute Gasteiger partial charge is 0.488 e. The van der Waals surface area contributed by atoms with Crippen LogP contribution in [0.1, 0.15) is 33.6 Å². The minimum Gasteiger partial charge on any atom is -0.488 e. The van der Waals surface area contributed by atoms with Crippen molar-refractivity contribution in [1.29, 1.82) is 0 Å². The number of carbonyl (C=O) groups is 2. The zero-order valence-electron chi connectivity index (χ0n) is 16.3. The Balaban J connectivity index is 2.00. The van der Waals surface area contributed by atoms with Crippen LogP contribution in [-0.4, -0.2) is 42.5 Å². The van der Waals surface area contributed by atoms with Crippen molar-refractivity contribution in [2.45, 2.75) is 39.7 Å². The smallest absolute Gasteiger partial charge is 0.245 e. The van der Waals surface area contributed by atoms with Gasteiger partial charge in [-0.1, -0.05) is 39.5 Å². The van der Waals surface area contributed by atoms with Crippen molar-refractivity contribution >= 4 is 11.8 Å². The van der Waals surface area contributed by atoms with Gasteiger partial charge in [0.2, 0.25) is 11.8 Å². The van der Waals surface area contributed by atoms with Gasteiger partial charge in [-0.25, -0.2) is 4.39 Å². The highest BCUT2D eigenvalue weighted by Crippen LogP contribution is 2.24. The van der Waals surface area contributed by atoms with Crippen LogP contribution in [0.15, 0.2) is 36.9 Å². The molecule has 2 unspecified atom stereocenters. The zero-order chi connectivity index (χ0) is 20.0. The lowest BCUT2D eigenvalue weighted by Crippen LogP contribution is -2.52. The van der Waals surface area contributed by atoms with E-state index in [0.717, 1.165) is 12.8 Å². The van der Waals surface area contributed by atoms with E-state index < -0.39 is 5.82 Å². The Morgan fingerprint density at radius 3 is 2.74 bits per heavy atom. The minimum atomic E-state index is -0.428. The molecule has 0 saturated carbocycles. The number of nitrogens with one attached hydrogen (secondary N) is 1. The summed E-state index contributed by atoms with van der Waals surface area (Å²) in [5.41, 5.74) is -0.272. The van der Waals surface area contributed by atoms with Gasteiger partial charge in [0.25, 0.3) is 0 Å². The van der Waals surface area contributed by atoms with E-state index in [1.54, 1.807) is 23.1 Å². The summed E-state index contributed by atoms with van der Waals surface area (Å²) >= 11 is 0. The standard InChI is InChI=1S/C21H29FN2O3/c1-5-19(25)24-12-8-9-15(13-24)20(26)23-18(21(2,3)4)14-27-17-11-7-6-10-16(17)22/h5-7,10-11,15,18H,1,8-9,12-14H2,2-4H3,(H,23,26). The van der Waals surface area contributed by atoms with Crippen molar-refractivity contribution < 1.29 is 18.7 Å². The molecule has 148 valence electrons. The van der Waals surface area contributed by atoms with Gasteiger partial charge in [0.15, 0.2) is 11.6 Å². The number of carbonyl (C=O) groups excluding carboxylic acids is 2. The van der Waals surface area contributed by atoms with Gasteiger partial charge in [-0.15, -0.1) is 0 Å². The van der Waals surface area contributed by atoms with E-state index in [1.807, 2.05) is 20.8 Å². The second-order valence-electron chi connectivity index (χ2n) is 8.00. The van der Waals surface area contributed by atoms with Crippen molar-refractivity contribution in [3.05, 3.63) is 42.7 Å². The van der Waals surface area contributed by atoms with Crippen LogP contribution < -0.4 is 10.1 Å². The number of ether oxygens (including phenoxy) is 1. The van der Waals surface area contributed by atoms with E-state index in [9.17, 15) is 14.0 Å². The van der Waals surface area contributed by atoms with Crippen molar-refractivity contribution in [2.24, 2.45) is 11.3 Å². The van der Waals surface area contributed by atoms with Crippen molar-refractivity contribution in [2.75, 3.05) is 19.7 Å². The van der Waals surface area contributed by atoms with Crippen LogP contribution in [0.4, 0.5) is 4.39 Å². The summed E-state index contributed by atoms with van der Waals surface area (Å²) in [6, 6.07) is 5.92. The molecule has 5 nitrogen and oxygen atoms in total. The Hall–Kier alpha value is -2.37. The molecule has 1 N–H and O–H groups in total. The maximum atomic E-state index is 13.8. The fraction of sp³-hybridized carbons (Fsp3) is 0.524. The number of para-hydroxylation sites is 1. The molecule has 1 aliphatic rings. The molecule has 1 aliphatic heterocycles. The molecule has 1 aromatic rings. The van der Waals surface area contributed by atoms with E-state index in [0.29, 0.717) is 13.1 Å². The Morgan fingerprint density at radius 1 is 1.41 bits per heavy atom. The van der Waals surface area contributed by atoms with Gasteiger partial charge in [0.1, 0.15) is 6.61 Å². The first-order valence-corrected chi connectivity index (χ1v) is 9.31. The molecule has 1 fully saturated rings. The number of benzene rings is 1. The second-order valence-corrected chi connectivity index (χ2v) is 8.00. The molecular formula is C21H29FN2O3. The number of halogens is 1. The molecule has 0 aliphatic carbocycles. The summed E-state index contributed by atoms with van der Waals surface area (Å²) < 4.78 is 19.4.